The highest BCUT2D eigenvalue weighted by molar-refractivity contribution is 9.10. The number of benzene rings is 1. The van der Waals surface area contributed by atoms with Gasteiger partial charge in [-0.15, -0.1) is 5.10 Å². The lowest BCUT2D eigenvalue weighted by atomic mass is 9.91. The number of fused-ring (bicyclic) bond motifs is 1. The first-order valence-electron chi connectivity index (χ1n) is 7.54. The molecule has 1 saturated carbocycles. The first kappa shape index (κ1) is 15.5. The molecule has 1 fully saturated rings. The quantitative estimate of drug-likeness (QED) is 0.812. The van der Waals surface area contributed by atoms with Gasteiger partial charge in [0.15, 0.2) is 5.78 Å². The third-order valence-corrected chi connectivity index (χ3v) is 4.68. The number of Topliss-reactive ketones (excluding diaryl/α,β-unsaturated/α-hetero) is 1. The van der Waals surface area contributed by atoms with Crippen LogP contribution in [0, 0.1) is 11.3 Å². The van der Waals surface area contributed by atoms with Crippen molar-refractivity contribution >= 4 is 32.7 Å². The molecular formula is C16H20BrN3O2. The molecule has 0 unspecified atom stereocenters. The van der Waals surface area contributed by atoms with Gasteiger partial charge in [0.2, 0.25) is 0 Å². The summed E-state index contributed by atoms with van der Waals surface area (Å²) in [6, 6.07) is 3.83. The van der Waals surface area contributed by atoms with Crippen molar-refractivity contribution in [3.63, 3.8) is 0 Å². The Bertz CT molecular complexity index is 714. The first-order valence-corrected chi connectivity index (χ1v) is 8.33. The maximum Gasteiger partial charge on any atom is 0.175 e. The summed E-state index contributed by atoms with van der Waals surface area (Å²) < 4.78 is 8.37. The molecule has 0 bridgehead atoms. The average Bonchev–Trinajstić information content (AvgIpc) is 3.16. The molecule has 0 amide bonds. The minimum Gasteiger partial charge on any atom is -0.485 e. The molecule has 1 aliphatic carbocycles. The van der Waals surface area contributed by atoms with Gasteiger partial charge < -0.3 is 4.74 Å². The Morgan fingerprint density at radius 1 is 1.41 bits per heavy atom. The molecule has 22 heavy (non-hydrogen) atoms. The molecule has 0 atom stereocenters. The average molecular weight is 366 g/mol. The largest absolute Gasteiger partial charge is 0.485 e. The summed E-state index contributed by atoms with van der Waals surface area (Å²) in [5.41, 5.74) is 1.37. The van der Waals surface area contributed by atoms with Crippen LogP contribution in [-0.4, -0.2) is 27.4 Å². The second-order valence-corrected chi connectivity index (χ2v) is 7.72. The number of carbonyl (C=O) groups excluding carboxylic acids is 1. The minimum absolute atomic E-state index is 0.0593. The lowest BCUT2D eigenvalue weighted by Crippen LogP contribution is -2.26. The molecule has 1 aromatic carbocycles. The van der Waals surface area contributed by atoms with Crippen molar-refractivity contribution in [2.45, 2.75) is 40.2 Å². The van der Waals surface area contributed by atoms with Gasteiger partial charge in [0.1, 0.15) is 17.9 Å². The van der Waals surface area contributed by atoms with E-state index in [9.17, 15) is 4.79 Å². The predicted octanol–water partition coefficient (Wildman–Crippen LogP) is 3.60. The zero-order chi connectivity index (χ0) is 15.9. The fraction of sp³-hybridized carbons (Fsp3) is 0.562. The Morgan fingerprint density at radius 3 is 2.77 bits per heavy atom. The summed E-state index contributed by atoms with van der Waals surface area (Å²) in [5.74, 6) is 1.43. The highest BCUT2D eigenvalue weighted by Crippen LogP contribution is 2.35. The zero-order valence-electron chi connectivity index (χ0n) is 13.1. The molecule has 1 aliphatic rings. The van der Waals surface area contributed by atoms with Gasteiger partial charge in [-0.05, 0) is 46.8 Å². The topological polar surface area (TPSA) is 57.0 Å². The van der Waals surface area contributed by atoms with Gasteiger partial charge >= 0.3 is 0 Å². The molecule has 3 rings (SSSR count). The van der Waals surface area contributed by atoms with Crippen molar-refractivity contribution < 1.29 is 9.53 Å². The van der Waals surface area contributed by atoms with Crippen LogP contribution in [0.5, 0.6) is 5.75 Å². The van der Waals surface area contributed by atoms with Gasteiger partial charge in [0.25, 0.3) is 0 Å². The van der Waals surface area contributed by atoms with Gasteiger partial charge in [0, 0.05) is 12.0 Å². The van der Waals surface area contributed by atoms with Crippen molar-refractivity contribution in [3.05, 3.63) is 16.6 Å². The van der Waals surface area contributed by atoms with Crippen LogP contribution in [0.15, 0.2) is 16.6 Å². The molecule has 0 N–H and O–H groups in total. The smallest absolute Gasteiger partial charge is 0.175 e. The molecule has 6 heteroatoms. The van der Waals surface area contributed by atoms with Crippen LogP contribution in [0.2, 0.25) is 0 Å². The lowest BCUT2D eigenvalue weighted by molar-refractivity contribution is -0.128. The van der Waals surface area contributed by atoms with E-state index >= 15 is 0 Å². The number of aromatic nitrogens is 3. The van der Waals surface area contributed by atoms with E-state index in [1.165, 1.54) is 12.8 Å². The summed E-state index contributed by atoms with van der Waals surface area (Å²) in [4.78, 5) is 12.0. The standard InChI is InChI=1S/C16H20BrN3O2/c1-16(2,3)13(21)9-22-12-7-6-11-15(14(12)17)18-19-20(11)8-10-4-5-10/h6-7,10H,4-5,8-9H2,1-3H3. The molecule has 1 heterocycles. The van der Waals surface area contributed by atoms with Crippen LogP contribution in [0.1, 0.15) is 33.6 Å². The van der Waals surface area contributed by atoms with Crippen LogP contribution in [-0.2, 0) is 11.3 Å². The first-order chi connectivity index (χ1) is 10.4. The van der Waals surface area contributed by atoms with Crippen LogP contribution < -0.4 is 4.74 Å². The Morgan fingerprint density at radius 2 is 2.14 bits per heavy atom. The Kier molecular flexibility index (Phi) is 3.97. The second kappa shape index (κ2) is 5.65. The third-order valence-electron chi connectivity index (χ3n) is 3.91. The van der Waals surface area contributed by atoms with Gasteiger partial charge in [-0.1, -0.05) is 26.0 Å². The van der Waals surface area contributed by atoms with Crippen molar-refractivity contribution in [1.29, 1.82) is 0 Å². The summed E-state index contributed by atoms with van der Waals surface area (Å²) >= 11 is 3.53. The zero-order valence-corrected chi connectivity index (χ0v) is 14.7. The van der Waals surface area contributed by atoms with E-state index in [4.69, 9.17) is 4.74 Å². The van der Waals surface area contributed by atoms with Crippen LogP contribution >= 0.6 is 15.9 Å². The number of ether oxygens (including phenoxy) is 1. The van der Waals surface area contributed by atoms with Gasteiger partial charge in [-0.3, -0.25) is 4.79 Å². The van der Waals surface area contributed by atoms with E-state index < -0.39 is 5.41 Å². The highest BCUT2D eigenvalue weighted by atomic mass is 79.9. The Labute approximate surface area is 138 Å². The molecule has 118 valence electrons. The van der Waals surface area contributed by atoms with Crippen molar-refractivity contribution in [2.75, 3.05) is 6.61 Å². The van der Waals surface area contributed by atoms with Crippen LogP contribution in [0.25, 0.3) is 11.0 Å². The van der Waals surface area contributed by atoms with E-state index in [1.807, 2.05) is 37.6 Å². The molecule has 5 nitrogen and oxygen atoms in total. The normalized spacial score (nSPS) is 15.3. The summed E-state index contributed by atoms with van der Waals surface area (Å²) in [7, 11) is 0. The van der Waals surface area contributed by atoms with Crippen molar-refractivity contribution in [2.24, 2.45) is 11.3 Å². The Hall–Kier alpha value is -1.43. The van der Waals surface area contributed by atoms with E-state index in [2.05, 4.69) is 26.2 Å². The maximum atomic E-state index is 12.0. The van der Waals surface area contributed by atoms with E-state index in [-0.39, 0.29) is 12.4 Å². The molecule has 0 radical (unpaired) electrons. The second-order valence-electron chi connectivity index (χ2n) is 6.92. The Balaban J connectivity index is 1.79. The molecule has 0 spiro atoms. The SMILES string of the molecule is CC(C)(C)C(=O)COc1ccc2c(nnn2CC2CC2)c1Br. The number of hydrogen-bond donors (Lipinski definition) is 0. The summed E-state index contributed by atoms with van der Waals surface area (Å²) in [6.45, 7) is 6.65. The number of nitrogens with zero attached hydrogens (tertiary/aromatic N) is 3. The number of carbonyl (C=O) groups is 1. The van der Waals surface area contributed by atoms with Crippen molar-refractivity contribution in [3.8, 4) is 5.75 Å². The fourth-order valence-corrected chi connectivity index (χ4v) is 2.67. The van der Waals surface area contributed by atoms with Crippen LogP contribution in [0.4, 0.5) is 0 Å². The van der Waals surface area contributed by atoms with E-state index in [1.54, 1.807) is 0 Å². The predicted molar refractivity (Wildman–Crippen MR) is 87.9 cm³/mol. The number of rotatable bonds is 5. The molecule has 0 aliphatic heterocycles. The molecular weight excluding hydrogens is 346 g/mol. The van der Waals surface area contributed by atoms with Crippen LogP contribution in [0.3, 0.4) is 0 Å². The van der Waals surface area contributed by atoms with E-state index in [0.717, 1.165) is 28.0 Å². The molecule has 1 aromatic heterocycles. The van der Waals surface area contributed by atoms with Crippen molar-refractivity contribution in [1.82, 2.24) is 15.0 Å². The lowest BCUT2D eigenvalue weighted by Gasteiger charge is -2.17. The number of halogens is 1. The van der Waals surface area contributed by atoms with Gasteiger partial charge in [0.05, 0.1) is 9.99 Å². The molecule has 0 saturated heterocycles. The maximum absolute atomic E-state index is 12.0. The summed E-state index contributed by atoms with van der Waals surface area (Å²) in [6.07, 6.45) is 2.55. The number of ketones is 1. The third kappa shape index (κ3) is 3.16. The fourth-order valence-electron chi connectivity index (χ4n) is 2.14. The highest BCUT2D eigenvalue weighted by Gasteiger charge is 2.24. The van der Waals surface area contributed by atoms with Gasteiger partial charge in [-0.2, -0.15) is 0 Å². The van der Waals surface area contributed by atoms with E-state index in [0.29, 0.717) is 5.75 Å². The number of hydrogen-bond acceptors (Lipinski definition) is 4. The minimum atomic E-state index is -0.399. The monoisotopic (exact) mass is 365 g/mol. The van der Waals surface area contributed by atoms with Gasteiger partial charge in [-0.25, -0.2) is 4.68 Å². The summed E-state index contributed by atoms with van der Waals surface area (Å²) in [5, 5.41) is 8.46. The molecule has 2 aromatic rings.